The van der Waals surface area contributed by atoms with Crippen LogP contribution in [0.25, 0.3) is 0 Å². The number of nitrogens with one attached hydrogen (secondary N) is 1. The van der Waals surface area contributed by atoms with Crippen molar-refractivity contribution in [3.05, 3.63) is 64.3 Å². The Morgan fingerprint density at radius 1 is 1.14 bits per heavy atom. The first-order valence-electron chi connectivity index (χ1n) is 11.1. The van der Waals surface area contributed by atoms with Crippen molar-refractivity contribution in [2.45, 2.75) is 24.4 Å². The number of thiophene rings is 1. The van der Waals surface area contributed by atoms with Crippen LogP contribution in [0.1, 0.15) is 4.88 Å². The fourth-order valence-electron chi connectivity index (χ4n) is 3.74. The summed E-state index contributed by atoms with van der Waals surface area (Å²) in [5.41, 5.74) is 0.544. The molecule has 0 saturated carbocycles. The highest BCUT2D eigenvalue weighted by atomic mass is 32.2. The van der Waals surface area contributed by atoms with Gasteiger partial charge in [0.2, 0.25) is 5.91 Å². The molecule has 2 amide bonds. The zero-order valence-electron chi connectivity index (χ0n) is 20.2. The van der Waals surface area contributed by atoms with Gasteiger partial charge < -0.3 is 29.6 Å². The Morgan fingerprint density at radius 2 is 1.83 bits per heavy atom. The second kappa shape index (κ2) is 11.7. The number of quaternary nitrogens is 1. The lowest BCUT2D eigenvalue weighted by Gasteiger charge is -2.50. The van der Waals surface area contributed by atoms with Crippen molar-refractivity contribution in [2.75, 3.05) is 33.4 Å². The summed E-state index contributed by atoms with van der Waals surface area (Å²) in [5, 5.41) is 25.9. The number of aromatic nitrogens is 1. The van der Waals surface area contributed by atoms with E-state index in [2.05, 4.69) is 5.32 Å². The zero-order valence-corrected chi connectivity index (χ0v) is 21.8. The SMILES string of the molecule is C[N+](C)(C)CC(=O)[O-].O=C(Cc1cccs1)N[C@@H]1C(=O)N2C(C(=O)[O-])=C(C[n+]3ccccc3)CS[C@H]12. The number of fused-ring (bicyclic) bond motifs is 1. The van der Waals surface area contributed by atoms with Crippen molar-refractivity contribution < 1.29 is 38.4 Å². The van der Waals surface area contributed by atoms with Gasteiger partial charge in [0.1, 0.15) is 18.0 Å². The maximum Gasteiger partial charge on any atom is 0.253 e. The van der Waals surface area contributed by atoms with Gasteiger partial charge in [0, 0.05) is 28.3 Å². The van der Waals surface area contributed by atoms with Crippen LogP contribution in [0.3, 0.4) is 0 Å². The van der Waals surface area contributed by atoms with Crippen molar-refractivity contribution in [1.82, 2.24) is 10.2 Å². The summed E-state index contributed by atoms with van der Waals surface area (Å²) in [6.45, 7) is 0.434. The molecule has 0 aromatic carbocycles. The molecule has 1 N–H and O–H groups in total. The fraction of sp³-hybridized carbons (Fsp3) is 0.375. The van der Waals surface area contributed by atoms with Crippen LogP contribution in [0, 0.1) is 0 Å². The molecule has 4 heterocycles. The molecule has 192 valence electrons. The number of rotatable bonds is 8. The van der Waals surface area contributed by atoms with Crippen molar-refractivity contribution >= 4 is 46.9 Å². The molecule has 0 unspecified atom stereocenters. The molecule has 4 rings (SSSR count). The number of hydrogen-bond donors (Lipinski definition) is 1. The Labute approximate surface area is 217 Å². The number of carbonyl (C=O) groups excluding carboxylic acids is 4. The third kappa shape index (κ3) is 7.15. The first kappa shape index (κ1) is 27.4. The first-order chi connectivity index (χ1) is 17.0. The summed E-state index contributed by atoms with van der Waals surface area (Å²) in [6.07, 6.45) is 3.88. The molecule has 1 saturated heterocycles. The van der Waals surface area contributed by atoms with E-state index in [9.17, 15) is 29.4 Å². The maximum absolute atomic E-state index is 12.6. The lowest BCUT2D eigenvalue weighted by Crippen LogP contribution is -2.71. The molecular weight excluding hydrogens is 504 g/mol. The van der Waals surface area contributed by atoms with E-state index in [1.165, 1.54) is 28.0 Å². The lowest BCUT2D eigenvalue weighted by molar-refractivity contribution is -0.864. The molecule has 2 aliphatic rings. The monoisotopic (exact) mass is 532 g/mol. The largest absolute Gasteiger partial charge is 0.544 e. The molecule has 1 fully saturated rings. The second-order valence-electron chi connectivity index (χ2n) is 9.32. The number of pyridine rings is 1. The van der Waals surface area contributed by atoms with Crippen molar-refractivity contribution in [1.29, 1.82) is 0 Å². The summed E-state index contributed by atoms with van der Waals surface area (Å²) >= 11 is 2.93. The minimum atomic E-state index is -1.37. The maximum atomic E-state index is 12.6. The summed E-state index contributed by atoms with van der Waals surface area (Å²) in [5.74, 6) is -2.57. The van der Waals surface area contributed by atoms with Crippen LogP contribution >= 0.6 is 23.1 Å². The quantitative estimate of drug-likeness (QED) is 0.239. The lowest BCUT2D eigenvalue weighted by atomic mass is 10.0. The van der Waals surface area contributed by atoms with Gasteiger partial charge in [0.15, 0.2) is 18.9 Å². The third-order valence-electron chi connectivity index (χ3n) is 5.23. The van der Waals surface area contributed by atoms with E-state index in [0.29, 0.717) is 22.4 Å². The van der Waals surface area contributed by atoms with E-state index in [4.69, 9.17) is 0 Å². The smallest absolute Gasteiger partial charge is 0.253 e. The topological polar surface area (TPSA) is 134 Å². The predicted octanol–water partition coefficient (Wildman–Crippen LogP) is -1.88. The van der Waals surface area contributed by atoms with Gasteiger partial charge in [-0.2, -0.15) is 0 Å². The highest BCUT2D eigenvalue weighted by Gasteiger charge is 2.53. The number of β-lactam (4-membered cyclic amide) rings is 1. The van der Waals surface area contributed by atoms with Crippen LogP contribution < -0.4 is 20.1 Å². The summed E-state index contributed by atoms with van der Waals surface area (Å²) in [7, 11) is 5.40. The van der Waals surface area contributed by atoms with E-state index in [1.54, 1.807) is 21.1 Å². The molecule has 10 nitrogen and oxygen atoms in total. The number of hydrogen-bond acceptors (Lipinski definition) is 8. The second-order valence-corrected chi connectivity index (χ2v) is 11.5. The van der Waals surface area contributed by atoms with Crippen LogP contribution in [0.4, 0.5) is 0 Å². The standard InChI is InChI=1S/C19H17N3O4S2.C5H11NO2/c23-14(9-13-5-4-8-27-13)20-15-17(24)22-16(19(25)26)12(11-28-18(15)22)10-21-6-2-1-3-7-21;1-6(2,3)4-5(7)8/h1-8,15,18H,9-11H2,(H-,20,23,25,26);4H2,1-3H3/t15-,18-;/m1./s1. The van der Waals surface area contributed by atoms with Gasteiger partial charge in [-0.05, 0) is 11.4 Å². The van der Waals surface area contributed by atoms with Crippen LogP contribution in [-0.2, 0) is 32.1 Å². The van der Waals surface area contributed by atoms with Gasteiger partial charge in [-0.3, -0.25) is 14.5 Å². The Bertz CT molecular complexity index is 1150. The van der Waals surface area contributed by atoms with Gasteiger partial charge in [-0.1, -0.05) is 12.1 Å². The molecule has 2 aromatic rings. The summed E-state index contributed by atoms with van der Waals surface area (Å²) < 4.78 is 2.27. The number of carbonyl (C=O) groups is 4. The molecule has 0 aliphatic carbocycles. The fourth-order valence-corrected chi connectivity index (χ4v) is 5.78. The molecule has 2 aromatic heterocycles. The molecule has 2 aliphatic heterocycles. The number of likely N-dealkylation sites (N-methyl/N-ethyl adjacent to an activating group) is 1. The first-order valence-corrected chi connectivity index (χ1v) is 13.0. The molecule has 2 atom stereocenters. The number of amides is 2. The van der Waals surface area contributed by atoms with Gasteiger partial charge in [0.25, 0.3) is 5.91 Å². The van der Waals surface area contributed by atoms with E-state index in [0.717, 1.165) is 4.88 Å². The van der Waals surface area contributed by atoms with Gasteiger partial charge in [0.05, 0.1) is 45.2 Å². The minimum Gasteiger partial charge on any atom is -0.544 e. The van der Waals surface area contributed by atoms with Crippen molar-refractivity contribution in [3.8, 4) is 0 Å². The number of carboxylic acids is 2. The van der Waals surface area contributed by atoms with Crippen LogP contribution in [0.2, 0.25) is 0 Å². The van der Waals surface area contributed by atoms with Crippen LogP contribution in [0.15, 0.2) is 59.4 Å². The molecule has 0 spiro atoms. The number of carboxylic acid groups (broad SMARTS) is 2. The third-order valence-corrected chi connectivity index (χ3v) is 7.44. The highest BCUT2D eigenvalue weighted by molar-refractivity contribution is 8.00. The number of thioether (sulfide) groups is 1. The van der Waals surface area contributed by atoms with E-state index < -0.39 is 29.3 Å². The average Bonchev–Trinajstić information content (AvgIpc) is 3.29. The van der Waals surface area contributed by atoms with Gasteiger partial charge in [-0.15, -0.1) is 23.1 Å². The minimum absolute atomic E-state index is 0.0694. The average molecular weight is 533 g/mol. The van der Waals surface area contributed by atoms with Crippen LogP contribution in [-0.4, -0.2) is 78.0 Å². The predicted molar refractivity (Wildman–Crippen MR) is 130 cm³/mol. The highest BCUT2D eigenvalue weighted by Crippen LogP contribution is 2.40. The number of aliphatic carboxylic acids is 2. The zero-order chi connectivity index (χ0) is 26.5. The molecule has 12 heteroatoms. The molecule has 0 radical (unpaired) electrons. The molecular formula is C24H28N4O6S2. The van der Waals surface area contributed by atoms with Crippen LogP contribution in [0.5, 0.6) is 0 Å². The van der Waals surface area contributed by atoms with Crippen molar-refractivity contribution in [3.63, 3.8) is 0 Å². The Morgan fingerprint density at radius 3 is 2.36 bits per heavy atom. The number of nitrogens with zero attached hydrogens (tertiary/aromatic N) is 3. The van der Waals surface area contributed by atoms with E-state index in [-0.39, 0.29) is 24.6 Å². The summed E-state index contributed by atoms with van der Waals surface area (Å²) in [4.78, 5) is 48.7. The van der Waals surface area contributed by atoms with Gasteiger partial charge >= 0.3 is 0 Å². The Balaban J connectivity index is 0.000000392. The van der Waals surface area contributed by atoms with Gasteiger partial charge in [-0.25, -0.2) is 4.57 Å². The molecule has 36 heavy (non-hydrogen) atoms. The van der Waals surface area contributed by atoms with E-state index in [1.807, 2.05) is 52.7 Å². The Kier molecular flexibility index (Phi) is 8.88. The molecule has 0 bridgehead atoms. The normalized spacial score (nSPS) is 19.0. The van der Waals surface area contributed by atoms with Crippen molar-refractivity contribution in [2.24, 2.45) is 0 Å². The Hall–Kier alpha value is -3.22. The van der Waals surface area contributed by atoms with E-state index >= 15 is 0 Å². The summed E-state index contributed by atoms with van der Waals surface area (Å²) in [6, 6.07) is 8.59.